The number of nitrogens with one attached hydrogen (secondary N) is 1. The maximum atomic E-state index is 6.22. The van der Waals surface area contributed by atoms with E-state index >= 15 is 0 Å². The van der Waals surface area contributed by atoms with Crippen molar-refractivity contribution in [2.45, 2.75) is 39.7 Å². The van der Waals surface area contributed by atoms with E-state index in [0.717, 1.165) is 35.7 Å². The third-order valence-corrected chi connectivity index (χ3v) is 3.73. The first-order valence-electron chi connectivity index (χ1n) is 7.52. The van der Waals surface area contributed by atoms with Crippen LogP contribution < -0.4 is 10.1 Å². The zero-order chi connectivity index (χ0) is 15.2. The standard InChI is InChI=1S/C18H24N2O/c1-5-13(2)16-8-6-7-9-17(16)21-18-10-14(3)20-12-15(18)11-19-4/h6-10,12-13,19H,5,11H2,1-4H3. The number of pyridine rings is 1. The lowest BCUT2D eigenvalue weighted by Crippen LogP contribution is -2.07. The topological polar surface area (TPSA) is 34.1 Å². The molecule has 0 saturated carbocycles. The highest BCUT2D eigenvalue weighted by Gasteiger charge is 2.12. The zero-order valence-corrected chi connectivity index (χ0v) is 13.3. The average molecular weight is 284 g/mol. The second-order valence-electron chi connectivity index (χ2n) is 5.41. The third kappa shape index (κ3) is 3.82. The van der Waals surface area contributed by atoms with Crippen molar-refractivity contribution in [1.29, 1.82) is 0 Å². The number of rotatable bonds is 6. The Morgan fingerprint density at radius 2 is 2.00 bits per heavy atom. The molecule has 112 valence electrons. The van der Waals surface area contributed by atoms with Gasteiger partial charge in [-0.15, -0.1) is 0 Å². The van der Waals surface area contributed by atoms with Gasteiger partial charge in [0.2, 0.25) is 0 Å². The van der Waals surface area contributed by atoms with Crippen molar-refractivity contribution in [3.63, 3.8) is 0 Å². The Morgan fingerprint density at radius 1 is 1.24 bits per heavy atom. The monoisotopic (exact) mass is 284 g/mol. The molecule has 1 heterocycles. The molecule has 0 bridgehead atoms. The fourth-order valence-electron chi connectivity index (χ4n) is 2.30. The number of ether oxygens (including phenoxy) is 1. The lowest BCUT2D eigenvalue weighted by molar-refractivity contribution is 0.461. The molecule has 0 saturated heterocycles. The minimum atomic E-state index is 0.483. The van der Waals surface area contributed by atoms with Gasteiger partial charge in [-0.05, 0) is 37.9 Å². The Labute approximate surface area is 127 Å². The second kappa shape index (κ2) is 7.23. The summed E-state index contributed by atoms with van der Waals surface area (Å²) in [4.78, 5) is 4.35. The molecular formula is C18H24N2O. The van der Waals surface area contributed by atoms with Crippen LogP contribution >= 0.6 is 0 Å². The molecule has 1 aromatic carbocycles. The van der Waals surface area contributed by atoms with E-state index in [1.807, 2.05) is 38.4 Å². The molecule has 0 aliphatic rings. The summed E-state index contributed by atoms with van der Waals surface area (Å²) >= 11 is 0. The Balaban J connectivity index is 2.36. The molecule has 0 aliphatic carbocycles. The van der Waals surface area contributed by atoms with E-state index < -0.39 is 0 Å². The van der Waals surface area contributed by atoms with Crippen LogP contribution in [0.4, 0.5) is 0 Å². The van der Waals surface area contributed by atoms with Gasteiger partial charge in [-0.3, -0.25) is 4.98 Å². The molecule has 3 nitrogen and oxygen atoms in total. The summed E-state index contributed by atoms with van der Waals surface area (Å²) < 4.78 is 6.22. The predicted molar refractivity (Wildman–Crippen MR) is 87.0 cm³/mol. The van der Waals surface area contributed by atoms with Crippen LogP contribution in [0.1, 0.15) is 43.0 Å². The minimum absolute atomic E-state index is 0.483. The van der Waals surface area contributed by atoms with E-state index in [4.69, 9.17) is 4.74 Å². The Morgan fingerprint density at radius 3 is 2.71 bits per heavy atom. The van der Waals surface area contributed by atoms with Crippen molar-refractivity contribution in [3.05, 3.63) is 53.3 Å². The second-order valence-corrected chi connectivity index (χ2v) is 5.41. The van der Waals surface area contributed by atoms with Crippen LogP contribution in [-0.2, 0) is 6.54 Å². The molecular weight excluding hydrogens is 260 g/mol. The van der Waals surface area contributed by atoms with Gasteiger partial charge in [-0.2, -0.15) is 0 Å². The van der Waals surface area contributed by atoms with Gasteiger partial charge in [0.15, 0.2) is 0 Å². The number of para-hydroxylation sites is 1. The molecule has 1 unspecified atom stereocenters. The van der Waals surface area contributed by atoms with Gasteiger partial charge in [0, 0.05) is 30.1 Å². The van der Waals surface area contributed by atoms with Crippen LogP contribution in [0.2, 0.25) is 0 Å². The van der Waals surface area contributed by atoms with Gasteiger partial charge >= 0.3 is 0 Å². The summed E-state index contributed by atoms with van der Waals surface area (Å²) in [7, 11) is 1.93. The SMILES string of the molecule is CCC(C)c1ccccc1Oc1cc(C)ncc1CNC. The molecule has 2 rings (SSSR count). The van der Waals surface area contributed by atoms with Crippen molar-refractivity contribution in [2.24, 2.45) is 0 Å². The number of aryl methyl sites for hydroxylation is 1. The fourth-order valence-corrected chi connectivity index (χ4v) is 2.30. The summed E-state index contributed by atoms with van der Waals surface area (Å²) in [5.41, 5.74) is 3.29. The van der Waals surface area contributed by atoms with Crippen LogP contribution in [0.15, 0.2) is 36.5 Å². The molecule has 3 heteroatoms. The fraction of sp³-hybridized carbons (Fsp3) is 0.389. The van der Waals surface area contributed by atoms with E-state index in [1.54, 1.807) is 0 Å². The molecule has 1 N–H and O–H groups in total. The predicted octanol–water partition coefficient (Wildman–Crippen LogP) is 4.42. The number of hydrogen-bond donors (Lipinski definition) is 1. The van der Waals surface area contributed by atoms with Crippen molar-refractivity contribution >= 4 is 0 Å². The third-order valence-electron chi connectivity index (χ3n) is 3.73. The van der Waals surface area contributed by atoms with E-state index in [-0.39, 0.29) is 0 Å². The molecule has 0 fully saturated rings. The van der Waals surface area contributed by atoms with Gasteiger partial charge in [-0.1, -0.05) is 32.0 Å². The van der Waals surface area contributed by atoms with Crippen molar-refractivity contribution in [2.75, 3.05) is 7.05 Å². The summed E-state index contributed by atoms with van der Waals surface area (Å²) in [6, 6.07) is 10.3. The smallest absolute Gasteiger partial charge is 0.135 e. The van der Waals surface area contributed by atoms with Gasteiger partial charge < -0.3 is 10.1 Å². The summed E-state index contributed by atoms with van der Waals surface area (Å²) in [5.74, 6) is 2.30. The van der Waals surface area contributed by atoms with Crippen LogP contribution in [0.5, 0.6) is 11.5 Å². The lowest BCUT2D eigenvalue weighted by atomic mass is 9.98. The van der Waals surface area contributed by atoms with Gasteiger partial charge in [0.05, 0.1) is 0 Å². The molecule has 0 aliphatic heterocycles. The first-order valence-corrected chi connectivity index (χ1v) is 7.52. The van der Waals surface area contributed by atoms with E-state index in [2.05, 4.69) is 36.3 Å². The molecule has 1 aromatic heterocycles. The summed E-state index contributed by atoms with van der Waals surface area (Å²) in [6.07, 6.45) is 2.98. The largest absolute Gasteiger partial charge is 0.457 e. The highest BCUT2D eigenvalue weighted by atomic mass is 16.5. The van der Waals surface area contributed by atoms with Crippen LogP contribution in [0, 0.1) is 6.92 Å². The first-order chi connectivity index (χ1) is 10.2. The summed E-state index contributed by atoms with van der Waals surface area (Å²) in [6.45, 7) is 7.16. The number of hydrogen-bond acceptors (Lipinski definition) is 3. The van der Waals surface area contributed by atoms with Gasteiger partial charge in [0.1, 0.15) is 11.5 Å². The highest BCUT2D eigenvalue weighted by molar-refractivity contribution is 5.42. The highest BCUT2D eigenvalue weighted by Crippen LogP contribution is 2.33. The molecule has 1 atom stereocenters. The van der Waals surface area contributed by atoms with Gasteiger partial charge in [0.25, 0.3) is 0 Å². The summed E-state index contributed by atoms with van der Waals surface area (Å²) in [5, 5.41) is 3.16. The Kier molecular flexibility index (Phi) is 5.34. The molecule has 0 spiro atoms. The van der Waals surface area contributed by atoms with E-state index in [0.29, 0.717) is 5.92 Å². The zero-order valence-electron chi connectivity index (χ0n) is 13.3. The molecule has 0 radical (unpaired) electrons. The van der Waals surface area contributed by atoms with Crippen molar-refractivity contribution in [3.8, 4) is 11.5 Å². The number of aromatic nitrogens is 1. The minimum Gasteiger partial charge on any atom is -0.457 e. The van der Waals surface area contributed by atoms with Crippen LogP contribution in [0.25, 0.3) is 0 Å². The Hall–Kier alpha value is -1.87. The van der Waals surface area contributed by atoms with Crippen molar-refractivity contribution < 1.29 is 4.74 Å². The van der Waals surface area contributed by atoms with E-state index in [1.165, 1.54) is 5.56 Å². The van der Waals surface area contributed by atoms with Crippen LogP contribution in [-0.4, -0.2) is 12.0 Å². The average Bonchev–Trinajstić information content (AvgIpc) is 2.50. The van der Waals surface area contributed by atoms with Crippen LogP contribution in [0.3, 0.4) is 0 Å². The molecule has 0 amide bonds. The quantitative estimate of drug-likeness (QED) is 0.853. The van der Waals surface area contributed by atoms with Gasteiger partial charge in [-0.25, -0.2) is 0 Å². The number of nitrogens with zero attached hydrogens (tertiary/aromatic N) is 1. The lowest BCUT2D eigenvalue weighted by Gasteiger charge is -2.17. The van der Waals surface area contributed by atoms with Crippen molar-refractivity contribution in [1.82, 2.24) is 10.3 Å². The maximum absolute atomic E-state index is 6.22. The normalized spacial score (nSPS) is 12.2. The number of benzene rings is 1. The van der Waals surface area contributed by atoms with E-state index in [9.17, 15) is 0 Å². The molecule has 21 heavy (non-hydrogen) atoms. The Bertz CT molecular complexity index is 596. The first kappa shape index (κ1) is 15.5. The molecule has 2 aromatic rings. The maximum Gasteiger partial charge on any atom is 0.135 e.